The van der Waals surface area contributed by atoms with Gasteiger partial charge in [-0.1, -0.05) is 30.7 Å². The molecule has 24 heavy (non-hydrogen) atoms. The Morgan fingerprint density at radius 2 is 1.88 bits per heavy atom. The highest BCUT2D eigenvalue weighted by atomic mass is 32.2. The fourth-order valence-electron chi connectivity index (χ4n) is 2.59. The number of nitrogens with zero attached hydrogens (tertiary/aromatic N) is 1. The predicted octanol–water partition coefficient (Wildman–Crippen LogP) is 2.04. The quantitative estimate of drug-likeness (QED) is 0.758. The van der Waals surface area contributed by atoms with Gasteiger partial charge in [0.2, 0.25) is 0 Å². The molecule has 0 radical (unpaired) electrons. The van der Waals surface area contributed by atoms with E-state index in [1.165, 1.54) is 18.2 Å². The Morgan fingerprint density at radius 1 is 1.25 bits per heavy atom. The van der Waals surface area contributed by atoms with E-state index in [1.54, 1.807) is 32.1 Å². The number of esters is 1. The molecular weight excluding hydrogens is 330 g/mol. The monoisotopic (exact) mass is 351 g/mol. The number of ether oxygens (including phenoxy) is 1. The van der Waals surface area contributed by atoms with Crippen LogP contribution in [-0.4, -0.2) is 37.2 Å². The Labute approximate surface area is 142 Å². The van der Waals surface area contributed by atoms with Gasteiger partial charge in [-0.05, 0) is 31.9 Å². The fourth-order valence-corrected chi connectivity index (χ4v) is 4.22. The van der Waals surface area contributed by atoms with Gasteiger partial charge in [0.05, 0.1) is 24.0 Å². The molecule has 1 amide bonds. The molecule has 0 saturated carbocycles. The van der Waals surface area contributed by atoms with Crippen LogP contribution in [0.1, 0.15) is 25.8 Å². The van der Waals surface area contributed by atoms with Crippen LogP contribution < -0.4 is 0 Å². The van der Waals surface area contributed by atoms with E-state index in [0.717, 1.165) is 9.87 Å². The van der Waals surface area contributed by atoms with Crippen molar-refractivity contribution in [1.29, 1.82) is 0 Å². The van der Waals surface area contributed by atoms with Gasteiger partial charge in [-0.15, -0.1) is 0 Å². The second-order valence-electron chi connectivity index (χ2n) is 5.75. The summed E-state index contributed by atoms with van der Waals surface area (Å²) in [6.45, 7) is 5.49. The lowest BCUT2D eigenvalue weighted by Gasteiger charge is -2.35. The third kappa shape index (κ3) is 3.67. The summed E-state index contributed by atoms with van der Waals surface area (Å²) in [5.41, 5.74) is 0.912. The maximum Gasteiger partial charge on any atom is 0.307 e. The van der Waals surface area contributed by atoms with Crippen molar-refractivity contribution in [1.82, 2.24) is 4.31 Å². The van der Waals surface area contributed by atoms with E-state index in [-0.39, 0.29) is 23.8 Å². The maximum atomic E-state index is 12.9. The van der Waals surface area contributed by atoms with E-state index < -0.39 is 27.9 Å². The van der Waals surface area contributed by atoms with E-state index in [1.807, 2.05) is 6.92 Å². The summed E-state index contributed by atoms with van der Waals surface area (Å²) in [5.74, 6) is -1.46. The first-order valence-corrected chi connectivity index (χ1v) is 9.20. The normalized spacial score (nSPS) is 21.0. The summed E-state index contributed by atoms with van der Waals surface area (Å²) in [4.78, 5) is 24.1. The van der Waals surface area contributed by atoms with Crippen molar-refractivity contribution in [3.63, 3.8) is 0 Å². The van der Waals surface area contributed by atoms with Crippen molar-refractivity contribution in [2.75, 3.05) is 6.61 Å². The number of hydrogen-bond acceptors (Lipinski definition) is 5. The van der Waals surface area contributed by atoms with E-state index in [4.69, 9.17) is 4.74 Å². The topological polar surface area (TPSA) is 80.8 Å². The average molecular weight is 351 g/mol. The van der Waals surface area contributed by atoms with Crippen LogP contribution in [0.5, 0.6) is 0 Å². The largest absolute Gasteiger partial charge is 0.466 e. The molecular formula is C17H21NO5S. The summed E-state index contributed by atoms with van der Waals surface area (Å²) >= 11 is 0. The summed E-state index contributed by atoms with van der Waals surface area (Å²) in [6.07, 6.45) is 2.68. The molecule has 0 bridgehead atoms. The minimum Gasteiger partial charge on any atom is -0.466 e. The van der Waals surface area contributed by atoms with E-state index in [9.17, 15) is 18.0 Å². The van der Waals surface area contributed by atoms with Crippen molar-refractivity contribution in [2.45, 2.75) is 38.1 Å². The molecule has 0 saturated heterocycles. The van der Waals surface area contributed by atoms with Crippen LogP contribution in [0.2, 0.25) is 0 Å². The predicted molar refractivity (Wildman–Crippen MR) is 88.6 cm³/mol. The van der Waals surface area contributed by atoms with Crippen molar-refractivity contribution in [3.05, 3.63) is 42.0 Å². The molecule has 1 heterocycles. The van der Waals surface area contributed by atoms with Gasteiger partial charge < -0.3 is 4.74 Å². The van der Waals surface area contributed by atoms with Crippen LogP contribution in [0.25, 0.3) is 0 Å². The molecule has 0 N–H and O–H groups in total. The molecule has 0 aromatic heterocycles. The second kappa shape index (κ2) is 7.17. The third-order valence-corrected chi connectivity index (χ3v) is 5.76. The zero-order chi connectivity index (χ0) is 17.9. The molecule has 0 unspecified atom stereocenters. The van der Waals surface area contributed by atoms with Crippen molar-refractivity contribution < 1.29 is 22.7 Å². The summed E-state index contributed by atoms with van der Waals surface area (Å²) in [6, 6.07) is 5.46. The number of carbonyl (C=O) groups is 2. The van der Waals surface area contributed by atoms with Gasteiger partial charge in [-0.25, -0.2) is 12.7 Å². The lowest BCUT2D eigenvalue weighted by Crippen LogP contribution is -2.49. The molecule has 1 aliphatic heterocycles. The first kappa shape index (κ1) is 18.2. The number of sulfonamides is 1. The number of amides is 1. The van der Waals surface area contributed by atoms with E-state index in [2.05, 4.69) is 0 Å². The first-order chi connectivity index (χ1) is 11.3. The molecule has 1 aromatic rings. The highest BCUT2D eigenvalue weighted by molar-refractivity contribution is 7.89. The number of hydrogen-bond donors (Lipinski definition) is 0. The first-order valence-electron chi connectivity index (χ1n) is 7.76. The number of benzene rings is 1. The Morgan fingerprint density at radius 3 is 2.46 bits per heavy atom. The Kier molecular flexibility index (Phi) is 5.43. The molecule has 1 aromatic carbocycles. The van der Waals surface area contributed by atoms with Gasteiger partial charge in [0.15, 0.2) is 0 Å². The fraction of sp³-hybridized carbons (Fsp3) is 0.412. The van der Waals surface area contributed by atoms with Gasteiger partial charge in [-0.3, -0.25) is 9.59 Å². The van der Waals surface area contributed by atoms with E-state index >= 15 is 0 Å². The zero-order valence-electron chi connectivity index (χ0n) is 13.9. The van der Waals surface area contributed by atoms with Crippen molar-refractivity contribution in [2.24, 2.45) is 5.92 Å². The molecule has 0 aliphatic carbocycles. The van der Waals surface area contributed by atoms with Gasteiger partial charge >= 0.3 is 5.97 Å². The lowest BCUT2D eigenvalue weighted by molar-refractivity contribution is -0.144. The SMILES string of the molecule is CCOC(=O)C[C@@H]1[C@@H](C)C=CC(=O)N1S(=O)(=O)c1ccc(C)cc1. The van der Waals surface area contributed by atoms with Crippen LogP contribution >= 0.6 is 0 Å². The van der Waals surface area contributed by atoms with Gasteiger partial charge in [0.1, 0.15) is 0 Å². The lowest BCUT2D eigenvalue weighted by atomic mass is 9.95. The van der Waals surface area contributed by atoms with Gasteiger partial charge in [0.25, 0.3) is 15.9 Å². The molecule has 130 valence electrons. The summed E-state index contributed by atoms with van der Waals surface area (Å²) in [5, 5.41) is 0. The Hall–Kier alpha value is -2.15. The van der Waals surface area contributed by atoms with Gasteiger partial charge in [-0.2, -0.15) is 0 Å². The number of aryl methyl sites for hydroxylation is 1. The second-order valence-corrected chi connectivity index (χ2v) is 7.56. The van der Waals surface area contributed by atoms with E-state index in [0.29, 0.717) is 0 Å². The minimum atomic E-state index is -4.05. The number of carbonyl (C=O) groups excluding carboxylic acids is 2. The zero-order valence-corrected chi connectivity index (χ0v) is 14.7. The molecule has 2 atom stereocenters. The smallest absolute Gasteiger partial charge is 0.307 e. The van der Waals surface area contributed by atoms with Crippen molar-refractivity contribution in [3.8, 4) is 0 Å². The molecule has 6 nitrogen and oxygen atoms in total. The van der Waals surface area contributed by atoms with Crippen molar-refractivity contribution >= 4 is 21.9 Å². The van der Waals surface area contributed by atoms with Gasteiger partial charge in [0, 0.05) is 6.08 Å². The molecule has 2 rings (SSSR count). The van der Waals surface area contributed by atoms with Crippen LogP contribution in [-0.2, 0) is 24.3 Å². The Balaban J connectivity index is 2.42. The summed E-state index contributed by atoms with van der Waals surface area (Å²) < 4.78 is 31.6. The van der Waals surface area contributed by atoms with Crippen LogP contribution in [0.4, 0.5) is 0 Å². The summed E-state index contributed by atoms with van der Waals surface area (Å²) in [7, 11) is -4.05. The molecule has 1 aliphatic rings. The maximum absolute atomic E-state index is 12.9. The third-order valence-electron chi connectivity index (χ3n) is 3.93. The standard InChI is InChI=1S/C17H21NO5S/c1-4-23-17(20)11-15-13(3)7-10-16(19)18(15)24(21,22)14-8-5-12(2)6-9-14/h5-10,13,15H,4,11H2,1-3H3/t13-,15+/m0/s1. The Bertz CT molecular complexity index is 752. The van der Waals surface area contributed by atoms with Crippen LogP contribution in [0, 0.1) is 12.8 Å². The highest BCUT2D eigenvalue weighted by Crippen LogP contribution is 2.28. The molecule has 7 heteroatoms. The molecule has 0 fully saturated rings. The van der Waals surface area contributed by atoms with Crippen LogP contribution in [0.3, 0.4) is 0 Å². The molecule has 0 spiro atoms. The number of rotatable bonds is 5. The average Bonchev–Trinajstić information content (AvgIpc) is 2.51. The highest BCUT2D eigenvalue weighted by Gasteiger charge is 2.40. The minimum absolute atomic E-state index is 0.0257. The van der Waals surface area contributed by atoms with Crippen LogP contribution in [0.15, 0.2) is 41.3 Å².